The molecule has 0 aliphatic carbocycles. The highest BCUT2D eigenvalue weighted by molar-refractivity contribution is 9.10. The summed E-state index contributed by atoms with van der Waals surface area (Å²) in [6.45, 7) is 0. The van der Waals surface area contributed by atoms with Crippen LogP contribution >= 0.6 is 27.5 Å². The summed E-state index contributed by atoms with van der Waals surface area (Å²) in [5.41, 5.74) is 6.17. The number of nitrogen functional groups attached to an aromatic ring is 1. The van der Waals surface area contributed by atoms with E-state index in [1.165, 1.54) is 12.1 Å². The second-order valence-corrected chi connectivity index (χ2v) is 5.37. The fourth-order valence-corrected chi connectivity index (χ4v) is 2.12. The van der Waals surface area contributed by atoms with Crippen molar-refractivity contribution < 1.29 is 9.72 Å². The van der Waals surface area contributed by atoms with Gasteiger partial charge in [0.2, 0.25) is 0 Å². The number of anilines is 2. The van der Waals surface area contributed by atoms with Crippen LogP contribution in [0.3, 0.4) is 0 Å². The Balaban J connectivity index is 2.29. The first-order valence-corrected chi connectivity index (χ1v) is 6.86. The zero-order valence-electron chi connectivity index (χ0n) is 10.5. The molecule has 1 amide bonds. The smallest absolute Gasteiger partial charge is 0.270 e. The lowest BCUT2D eigenvalue weighted by molar-refractivity contribution is -0.384. The molecule has 108 valence electrons. The third-order valence-corrected chi connectivity index (χ3v) is 3.88. The fourth-order valence-electron chi connectivity index (χ4n) is 1.63. The van der Waals surface area contributed by atoms with Gasteiger partial charge in [-0.15, -0.1) is 0 Å². The third kappa shape index (κ3) is 3.50. The summed E-state index contributed by atoms with van der Waals surface area (Å²) in [5, 5.41) is 13.8. The second-order valence-electron chi connectivity index (χ2n) is 4.11. The quantitative estimate of drug-likeness (QED) is 0.487. The van der Waals surface area contributed by atoms with Crippen LogP contribution in [0.25, 0.3) is 0 Å². The van der Waals surface area contributed by atoms with Gasteiger partial charge in [0.05, 0.1) is 15.5 Å². The van der Waals surface area contributed by atoms with Gasteiger partial charge in [-0.05, 0) is 40.2 Å². The zero-order chi connectivity index (χ0) is 15.6. The molecule has 0 heterocycles. The molecule has 2 aromatic rings. The Bertz CT molecular complexity index is 737. The van der Waals surface area contributed by atoms with Crippen molar-refractivity contribution in [1.82, 2.24) is 0 Å². The van der Waals surface area contributed by atoms with E-state index in [2.05, 4.69) is 21.2 Å². The number of benzene rings is 2. The molecule has 0 radical (unpaired) electrons. The van der Waals surface area contributed by atoms with E-state index in [0.29, 0.717) is 15.2 Å². The van der Waals surface area contributed by atoms with Crippen LogP contribution in [0.2, 0.25) is 5.02 Å². The summed E-state index contributed by atoms with van der Waals surface area (Å²) in [5.74, 6) is -0.537. The third-order valence-electron chi connectivity index (χ3n) is 2.67. The molecule has 0 saturated carbocycles. The highest BCUT2D eigenvalue weighted by atomic mass is 79.9. The molecule has 0 aliphatic heterocycles. The van der Waals surface area contributed by atoms with Gasteiger partial charge in [-0.25, -0.2) is 0 Å². The normalized spacial score (nSPS) is 10.2. The molecule has 2 aromatic carbocycles. The summed E-state index contributed by atoms with van der Waals surface area (Å²) in [4.78, 5) is 22.3. The number of halogens is 2. The molecule has 0 aromatic heterocycles. The molecule has 0 spiro atoms. The van der Waals surface area contributed by atoms with Gasteiger partial charge in [-0.1, -0.05) is 11.6 Å². The molecule has 0 unspecified atom stereocenters. The first-order valence-electron chi connectivity index (χ1n) is 5.69. The monoisotopic (exact) mass is 369 g/mol. The maximum Gasteiger partial charge on any atom is 0.270 e. The van der Waals surface area contributed by atoms with Crippen molar-refractivity contribution in [2.75, 3.05) is 11.1 Å². The Hall–Kier alpha value is -2.12. The minimum atomic E-state index is -0.588. The number of carbonyl (C=O) groups is 1. The van der Waals surface area contributed by atoms with Crippen molar-refractivity contribution in [3.05, 3.63) is 61.6 Å². The molecule has 0 fully saturated rings. The van der Waals surface area contributed by atoms with Crippen LogP contribution < -0.4 is 11.1 Å². The fraction of sp³-hybridized carbons (Fsp3) is 0. The predicted octanol–water partition coefficient (Wildman–Crippen LogP) is 3.85. The number of nitrogens with one attached hydrogen (secondary N) is 1. The highest BCUT2D eigenvalue weighted by Gasteiger charge is 2.15. The van der Waals surface area contributed by atoms with E-state index < -0.39 is 10.8 Å². The summed E-state index contributed by atoms with van der Waals surface area (Å²) in [6.07, 6.45) is 0. The van der Waals surface area contributed by atoms with Gasteiger partial charge in [0.1, 0.15) is 0 Å². The number of rotatable bonds is 3. The minimum absolute atomic E-state index is 0.0373. The Labute approximate surface area is 133 Å². The van der Waals surface area contributed by atoms with Crippen LogP contribution in [-0.4, -0.2) is 10.8 Å². The van der Waals surface area contributed by atoms with E-state index in [1.807, 2.05) is 0 Å². The molecule has 8 heteroatoms. The van der Waals surface area contributed by atoms with Gasteiger partial charge in [0, 0.05) is 28.0 Å². The van der Waals surface area contributed by atoms with E-state index in [0.717, 1.165) is 6.07 Å². The van der Waals surface area contributed by atoms with Crippen molar-refractivity contribution >= 4 is 50.5 Å². The predicted molar refractivity (Wildman–Crippen MR) is 84.6 cm³/mol. The number of non-ortho nitro benzene ring substituents is 1. The van der Waals surface area contributed by atoms with Crippen molar-refractivity contribution in [3.8, 4) is 0 Å². The molecule has 0 atom stereocenters. The Morgan fingerprint density at radius 1 is 1.29 bits per heavy atom. The summed E-state index contributed by atoms with van der Waals surface area (Å²) < 4.78 is 0.619. The van der Waals surface area contributed by atoms with Crippen LogP contribution in [0.4, 0.5) is 17.1 Å². The number of nitrogens with two attached hydrogens (primary N) is 1. The molecule has 0 saturated heterocycles. The average molecular weight is 371 g/mol. The molecular weight excluding hydrogens is 362 g/mol. The van der Waals surface area contributed by atoms with Crippen LogP contribution in [0.5, 0.6) is 0 Å². The second kappa shape index (κ2) is 6.11. The van der Waals surface area contributed by atoms with Crippen LogP contribution in [0, 0.1) is 10.1 Å². The van der Waals surface area contributed by atoms with E-state index >= 15 is 0 Å². The van der Waals surface area contributed by atoms with E-state index in [4.69, 9.17) is 17.3 Å². The molecule has 3 N–H and O–H groups in total. The number of nitrogens with zero attached hydrogens (tertiary/aromatic N) is 1. The van der Waals surface area contributed by atoms with Crippen molar-refractivity contribution in [2.24, 2.45) is 0 Å². The zero-order valence-corrected chi connectivity index (χ0v) is 12.8. The largest absolute Gasteiger partial charge is 0.398 e. The number of hydrogen-bond acceptors (Lipinski definition) is 4. The van der Waals surface area contributed by atoms with Crippen molar-refractivity contribution in [2.45, 2.75) is 0 Å². The SMILES string of the molecule is Nc1ccc([N+](=O)[O-])cc1C(=O)Nc1ccc(Cl)c(Br)c1. The number of nitro groups is 1. The van der Waals surface area contributed by atoms with Gasteiger partial charge >= 0.3 is 0 Å². The van der Waals surface area contributed by atoms with Gasteiger partial charge in [0.15, 0.2) is 0 Å². The van der Waals surface area contributed by atoms with Gasteiger partial charge in [0.25, 0.3) is 11.6 Å². The number of amides is 1. The number of hydrogen-bond donors (Lipinski definition) is 2. The van der Waals surface area contributed by atoms with Crippen molar-refractivity contribution in [1.29, 1.82) is 0 Å². The molecule has 21 heavy (non-hydrogen) atoms. The summed E-state index contributed by atoms with van der Waals surface area (Å²) >= 11 is 9.10. The maximum absolute atomic E-state index is 12.1. The van der Waals surface area contributed by atoms with Crippen molar-refractivity contribution in [3.63, 3.8) is 0 Å². The molecule has 6 nitrogen and oxygen atoms in total. The van der Waals surface area contributed by atoms with E-state index in [9.17, 15) is 14.9 Å². The lowest BCUT2D eigenvalue weighted by Crippen LogP contribution is -2.14. The lowest BCUT2D eigenvalue weighted by atomic mass is 10.1. The Morgan fingerprint density at radius 2 is 2.00 bits per heavy atom. The number of nitro benzene ring substituents is 1. The Kier molecular flexibility index (Phi) is 4.44. The summed E-state index contributed by atoms with van der Waals surface area (Å²) in [6, 6.07) is 8.54. The average Bonchev–Trinajstić information content (AvgIpc) is 2.43. The van der Waals surface area contributed by atoms with Crippen LogP contribution in [-0.2, 0) is 0 Å². The van der Waals surface area contributed by atoms with Crippen LogP contribution in [0.15, 0.2) is 40.9 Å². The van der Waals surface area contributed by atoms with E-state index in [-0.39, 0.29) is 16.9 Å². The number of carbonyl (C=O) groups excluding carboxylic acids is 1. The highest BCUT2D eigenvalue weighted by Crippen LogP contribution is 2.26. The first-order chi connectivity index (χ1) is 9.88. The lowest BCUT2D eigenvalue weighted by Gasteiger charge is -2.08. The maximum atomic E-state index is 12.1. The topological polar surface area (TPSA) is 98.3 Å². The molecule has 2 rings (SSSR count). The Morgan fingerprint density at radius 3 is 2.62 bits per heavy atom. The summed E-state index contributed by atoms with van der Waals surface area (Å²) in [7, 11) is 0. The van der Waals surface area contributed by atoms with Gasteiger partial charge in [-0.2, -0.15) is 0 Å². The first kappa shape index (κ1) is 15.3. The molecule has 0 aliphatic rings. The standard InChI is InChI=1S/C13H9BrClN3O3/c14-10-5-7(1-3-11(10)15)17-13(19)9-6-8(18(20)21)2-4-12(9)16/h1-6H,16H2,(H,17,19). The van der Waals surface area contributed by atoms with Gasteiger partial charge in [-0.3, -0.25) is 14.9 Å². The van der Waals surface area contributed by atoms with Crippen LogP contribution in [0.1, 0.15) is 10.4 Å². The van der Waals surface area contributed by atoms with E-state index in [1.54, 1.807) is 18.2 Å². The van der Waals surface area contributed by atoms with Gasteiger partial charge < -0.3 is 11.1 Å². The molecular formula is C13H9BrClN3O3. The molecule has 0 bridgehead atoms. The minimum Gasteiger partial charge on any atom is -0.398 e.